The maximum absolute atomic E-state index is 12.8. The summed E-state index contributed by atoms with van der Waals surface area (Å²) in [6.07, 6.45) is 5.36. The van der Waals surface area contributed by atoms with Crippen LogP contribution in [0.25, 0.3) is 0 Å². The van der Waals surface area contributed by atoms with Gasteiger partial charge in [-0.1, -0.05) is 18.9 Å². The Morgan fingerprint density at radius 3 is 2.78 bits per heavy atom. The van der Waals surface area contributed by atoms with Crippen LogP contribution in [0, 0.1) is 5.92 Å². The van der Waals surface area contributed by atoms with Gasteiger partial charge in [-0.2, -0.15) is 0 Å². The molecule has 2 heterocycles. The van der Waals surface area contributed by atoms with E-state index in [2.05, 4.69) is 34.2 Å². The standard InChI is InChI=1S/C18H29N3OS/c1-18(19)8-3-2-6-16(18)17(22)21-12-10-20(11-13-21)9-7-15-5-4-14-23-15/h4-5,14,16H,2-3,6-13,19H2,1H3. The zero-order valence-electron chi connectivity index (χ0n) is 14.2. The van der Waals surface area contributed by atoms with Gasteiger partial charge in [0.1, 0.15) is 0 Å². The first-order chi connectivity index (χ1) is 11.1. The van der Waals surface area contributed by atoms with Gasteiger partial charge in [0.15, 0.2) is 0 Å². The summed E-state index contributed by atoms with van der Waals surface area (Å²) in [6, 6.07) is 4.32. The van der Waals surface area contributed by atoms with Crippen molar-refractivity contribution in [3.05, 3.63) is 22.4 Å². The minimum Gasteiger partial charge on any atom is -0.340 e. The third kappa shape index (κ3) is 4.14. The molecule has 2 N–H and O–H groups in total. The molecule has 1 saturated heterocycles. The molecule has 0 aromatic carbocycles. The van der Waals surface area contributed by atoms with Crippen LogP contribution in [-0.4, -0.2) is 54.0 Å². The monoisotopic (exact) mass is 335 g/mol. The number of nitrogens with two attached hydrogens (primary N) is 1. The van der Waals surface area contributed by atoms with Crippen molar-refractivity contribution in [3.8, 4) is 0 Å². The van der Waals surface area contributed by atoms with E-state index >= 15 is 0 Å². The average molecular weight is 336 g/mol. The molecule has 4 nitrogen and oxygen atoms in total. The molecule has 1 aliphatic heterocycles. The number of hydrogen-bond acceptors (Lipinski definition) is 4. The maximum atomic E-state index is 12.8. The number of carbonyl (C=O) groups excluding carboxylic acids is 1. The van der Waals surface area contributed by atoms with Crippen molar-refractivity contribution in [2.24, 2.45) is 11.7 Å². The van der Waals surface area contributed by atoms with Crippen LogP contribution in [0.3, 0.4) is 0 Å². The quantitative estimate of drug-likeness (QED) is 0.919. The maximum Gasteiger partial charge on any atom is 0.227 e. The van der Waals surface area contributed by atoms with Crippen molar-refractivity contribution < 1.29 is 4.79 Å². The molecule has 1 aliphatic carbocycles. The SMILES string of the molecule is CC1(N)CCCCC1C(=O)N1CCN(CCc2cccs2)CC1. The molecule has 1 aromatic heterocycles. The second-order valence-corrected chi connectivity index (χ2v) is 8.33. The van der Waals surface area contributed by atoms with Gasteiger partial charge in [-0.15, -0.1) is 11.3 Å². The highest BCUT2D eigenvalue weighted by atomic mass is 32.1. The average Bonchev–Trinajstić information content (AvgIpc) is 3.06. The number of rotatable bonds is 4. The Labute approximate surface area is 143 Å². The molecule has 1 saturated carbocycles. The van der Waals surface area contributed by atoms with E-state index in [-0.39, 0.29) is 11.5 Å². The fourth-order valence-corrected chi connectivity index (χ4v) is 4.60. The molecule has 2 atom stereocenters. The lowest BCUT2D eigenvalue weighted by molar-refractivity contribution is -0.140. The zero-order chi connectivity index (χ0) is 16.3. The van der Waals surface area contributed by atoms with Gasteiger partial charge in [0, 0.05) is 43.1 Å². The number of piperazine rings is 1. The van der Waals surface area contributed by atoms with Gasteiger partial charge in [0.05, 0.1) is 5.92 Å². The van der Waals surface area contributed by atoms with Crippen molar-refractivity contribution in [1.82, 2.24) is 9.80 Å². The Morgan fingerprint density at radius 1 is 1.35 bits per heavy atom. The molecule has 128 valence electrons. The second kappa shape index (κ2) is 7.32. The number of hydrogen-bond donors (Lipinski definition) is 1. The van der Waals surface area contributed by atoms with Crippen molar-refractivity contribution in [2.45, 2.75) is 44.6 Å². The fraction of sp³-hybridized carbons (Fsp3) is 0.722. The third-order valence-corrected chi connectivity index (χ3v) is 6.43. The number of nitrogens with zero attached hydrogens (tertiary/aromatic N) is 2. The Kier molecular flexibility index (Phi) is 5.39. The van der Waals surface area contributed by atoms with Crippen molar-refractivity contribution in [1.29, 1.82) is 0 Å². The molecule has 5 heteroatoms. The van der Waals surface area contributed by atoms with Crippen LogP contribution < -0.4 is 5.73 Å². The van der Waals surface area contributed by atoms with E-state index in [1.807, 2.05) is 11.3 Å². The highest BCUT2D eigenvalue weighted by molar-refractivity contribution is 7.09. The van der Waals surface area contributed by atoms with E-state index in [4.69, 9.17) is 5.73 Å². The molecule has 1 amide bonds. The first-order valence-electron chi connectivity index (χ1n) is 8.89. The van der Waals surface area contributed by atoms with Crippen LogP contribution in [0.4, 0.5) is 0 Å². The molecule has 1 aromatic rings. The van der Waals surface area contributed by atoms with E-state index in [1.54, 1.807) is 0 Å². The Hall–Kier alpha value is -0.910. The summed E-state index contributed by atoms with van der Waals surface area (Å²) < 4.78 is 0. The summed E-state index contributed by atoms with van der Waals surface area (Å²) >= 11 is 1.83. The van der Waals surface area contributed by atoms with Gasteiger partial charge in [-0.3, -0.25) is 9.69 Å². The van der Waals surface area contributed by atoms with E-state index in [9.17, 15) is 4.79 Å². The summed E-state index contributed by atoms with van der Waals surface area (Å²) in [6.45, 7) is 6.86. The number of thiophene rings is 1. The Bertz CT molecular complexity index is 506. The highest BCUT2D eigenvalue weighted by Crippen LogP contribution is 2.33. The van der Waals surface area contributed by atoms with Gasteiger partial charge < -0.3 is 10.6 Å². The van der Waals surface area contributed by atoms with Crippen molar-refractivity contribution in [2.75, 3.05) is 32.7 Å². The van der Waals surface area contributed by atoms with Crippen molar-refractivity contribution >= 4 is 17.2 Å². The van der Waals surface area contributed by atoms with E-state index in [0.717, 1.165) is 64.8 Å². The zero-order valence-corrected chi connectivity index (χ0v) is 15.0. The molecule has 0 radical (unpaired) electrons. The highest BCUT2D eigenvalue weighted by Gasteiger charge is 2.40. The molecule has 0 bridgehead atoms. The van der Waals surface area contributed by atoms with Gasteiger partial charge in [-0.25, -0.2) is 0 Å². The Balaban J connectivity index is 1.47. The van der Waals surface area contributed by atoms with Gasteiger partial charge in [0.2, 0.25) is 5.91 Å². The number of amides is 1. The van der Waals surface area contributed by atoms with Gasteiger partial charge >= 0.3 is 0 Å². The van der Waals surface area contributed by atoms with Crippen LogP contribution >= 0.6 is 11.3 Å². The minimum atomic E-state index is -0.314. The first-order valence-corrected chi connectivity index (χ1v) is 9.77. The van der Waals surface area contributed by atoms with E-state index in [1.165, 1.54) is 4.88 Å². The van der Waals surface area contributed by atoms with Crippen LogP contribution in [0.5, 0.6) is 0 Å². The van der Waals surface area contributed by atoms with Crippen LogP contribution in [-0.2, 0) is 11.2 Å². The molecule has 2 unspecified atom stereocenters. The summed E-state index contributed by atoms with van der Waals surface area (Å²) in [7, 11) is 0. The predicted molar refractivity (Wildman–Crippen MR) is 95.6 cm³/mol. The molecular formula is C18H29N3OS. The molecule has 2 fully saturated rings. The molecular weight excluding hydrogens is 306 g/mol. The van der Waals surface area contributed by atoms with Crippen molar-refractivity contribution in [3.63, 3.8) is 0 Å². The predicted octanol–water partition coefficient (Wildman–Crippen LogP) is 2.34. The van der Waals surface area contributed by atoms with Crippen LogP contribution in [0.1, 0.15) is 37.5 Å². The van der Waals surface area contributed by atoms with Gasteiger partial charge in [-0.05, 0) is 37.6 Å². The third-order valence-electron chi connectivity index (χ3n) is 5.49. The summed E-state index contributed by atoms with van der Waals surface area (Å²) in [5.74, 6) is 0.321. The summed E-state index contributed by atoms with van der Waals surface area (Å²) in [5, 5.41) is 2.14. The lowest BCUT2D eigenvalue weighted by Crippen LogP contribution is -2.57. The van der Waals surface area contributed by atoms with Crippen LogP contribution in [0.2, 0.25) is 0 Å². The Morgan fingerprint density at radius 2 is 2.13 bits per heavy atom. The largest absolute Gasteiger partial charge is 0.340 e. The lowest BCUT2D eigenvalue weighted by Gasteiger charge is -2.42. The summed E-state index contributed by atoms with van der Waals surface area (Å²) in [5.41, 5.74) is 6.09. The molecule has 3 rings (SSSR count). The summed E-state index contributed by atoms with van der Waals surface area (Å²) in [4.78, 5) is 18.8. The minimum absolute atomic E-state index is 0.0221. The topological polar surface area (TPSA) is 49.6 Å². The normalized spacial score (nSPS) is 29.7. The second-order valence-electron chi connectivity index (χ2n) is 7.30. The molecule has 23 heavy (non-hydrogen) atoms. The fourth-order valence-electron chi connectivity index (χ4n) is 3.90. The molecule has 0 spiro atoms. The van der Waals surface area contributed by atoms with Gasteiger partial charge in [0.25, 0.3) is 0 Å². The first kappa shape index (κ1) is 16.9. The van der Waals surface area contributed by atoms with Crippen LogP contribution in [0.15, 0.2) is 17.5 Å². The van der Waals surface area contributed by atoms with E-state index < -0.39 is 0 Å². The number of carbonyl (C=O) groups is 1. The van der Waals surface area contributed by atoms with E-state index in [0.29, 0.717) is 5.91 Å². The smallest absolute Gasteiger partial charge is 0.227 e. The molecule has 2 aliphatic rings. The lowest BCUT2D eigenvalue weighted by atomic mass is 9.74.